The predicted octanol–water partition coefficient (Wildman–Crippen LogP) is 3.32. The van der Waals surface area contributed by atoms with Gasteiger partial charge in [-0.05, 0) is 71.0 Å². The van der Waals surface area contributed by atoms with E-state index in [1.165, 1.54) is 9.13 Å². The topological polar surface area (TPSA) is 38.3 Å². The third kappa shape index (κ3) is 3.84. The van der Waals surface area contributed by atoms with Crippen molar-refractivity contribution in [1.82, 2.24) is 5.32 Å². The van der Waals surface area contributed by atoms with Gasteiger partial charge in [-0.25, -0.2) is 0 Å². The van der Waals surface area contributed by atoms with E-state index < -0.39 is 0 Å². The van der Waals surface area contributed by atoms with Crippen LogP contribution in [0.15, 0.2) is 18.2 Å². The van der Waals surface area contributed by atoms with Crippen LogP contribution in [0, 0.1) is 9.49 Å². The van der Waals surface area contributed by atoms with Gasteiger partial charge < -0.3 is 10.1 Å². The summed E-state index contributed by atoms with van der Waals surface area (Å²) in [6.07, 6.45) is 2.71. The number of hydrogen-bond donors (Lipinski definition) is 1. The molecular formula is C15H20INO2. The van der Waals surface area contributed by atoms with Gasteiger partial charge >= 0.3 is 0 Å². The lowest BCUT2D eigenvalue weighted by molar-refractivity contribution is -0.121. The number of rotatable bonds is 6. The van der Waals surface area contributed by atoms with Gasteiger partial charge in [0.15, 0.2) is 0 Å². The standard InChI is InChI=1S/C15H20INO2/c1-3-4-15(18)17-9-10-7-12(10)13-8-11(19-2)5-6-14(13)16/h5-6,8,10,12H,3-4,7,9H2,1-2H3,(H,17,18)/t10-,12+/m0/s1/i16-2. The van der Waals surface area contributed by atoms with Crippen LogP contribution in [0.2, 0.25) is 0 Å². The number of nitrogens with one attached hydrogen (secondary N) is 1. The van der Waals surface area contributed by atoms with E-state index in [1.807, 2.05) is 13.0 Å². The minimum atomic E-state index is 0.175. The Bertz CT molecular complexity index is 461. The van der Waals surface area contributed by atoms with Crippen LogP contribution >= 0.6 is 22.6 Å². The van der Waals surface area contributed by atoms with Crippen LogP contribution in [-0.2, 0) is 4.79 Å². The van der Waals surface area contributed by atoms with Crippen molar-refractivity contribution in [2.24, 2.45) is 5.92 Å². The van der Waals surface area contributed by atoms with Gasteiger partial charge in [0.2, 0.25) is 5.91 Å². The Labute approximate surface area is 128 Å². The van der Waals surface area contributed by atoms with Gasteiger partial charge in [-0.1, -0.05) is 6.92 Å². The fraction of sp³-hybridized carbons (Fsp3) is 0.533. The van der Waals surface area contributed by atoms with E-state index >= 15 is 0 Å². The smallest absolute Gasteiger partial charge is 0.219 e. The zero-order chi connectivity index (χ0) is 13.8. The minimum Gasteiger partial charge on any atom is -0.497 e. The van der Waals surface area contributed by atoms with Crippen LogP contribution in [0.3, 0.4) is 0 Å². The zero-order valence-corrected chi connectivity index (χ0v) is 13.6. The summed E-state index contributed by atoms with van der Waals surface area (Å²) >= 11 is 2.37. The zero-order valence-electron chi connectivity index (χ0n) is 11.4. The van der Waals surface area contributed by atoms with E-state index in [1.54, 1.807) is 7.11 Å². The Balaban J connectivity index is 1.90. The number of amides is 1. The van der Waals surface area contributed by atoms with Crippen LogP contribution in [0.5, 0.6) is 5.75 Å². The minimum absolute atomic E-state index is 0.175. The highest BCUT2D eigenvalue weighted by molar-refractivity contribution is 14.1. The summed E-state index contributed by atoms with van der Waals surface area (Å²) in [5, 5.41) is 3.02. The number of hydrogen-bond acceptors (Lipinski definition) is 2. The summed E-state index contributed by atoms with van der Waals surface area (Å²) in [6.45, 7) is 2.83. The SMILES string of the molecule is CCCC(=O)NC[C@@H]1C[C@H]1c1cc(OC)ccc1[125I]. The average molecular weight is 371 g/mol. The number of benzene rings is 1. The maximum Gasteiger partial charge on any atom is 0.219 e. The summed E-state index contributed by atoms with van der Waals surface area (Å²) in [5.74, 6) is 2.25. The fourth-order valence-electron chi connectivity index (χ4n) is 2.35. The molecule has 1 saturated carbocycles. The molecule has 4 heteroatoms. The van der Waals surface area contributed by atoms with Gasteiger partial charge in [-0.3, -0.25) is 4.79 Å². The Kier molecular flexibility index (Phi) is 5.07. The molecule has 2 rings (SSSR count). The first-order valence-corrected chi connectivity index (χ1v) is 7.83. The molecule has 0 unspecified atom stereocenters. The first-order chi connectivity index (χ1) is 9.15. The van der Waals surface area contributed by atoms with Crippen molar-refractivity contribution in [3.8, 4) is 5.75 Å². The quantitative estimate of drug-likeness (QED) is 0.780. The van der Waals surface area contributed by atoms with Crippen molar-refractivity contribution < 1.29 is 9.53 Å². The molecule has 2 atom stereocenters. The van der Waals surface area contributed by atoms with E-state index in [0.29, 0.717) is 18.3 Å². The van der Waals surface area contributed by atoms with Crippen LogP contribution in [0.4, 0.5) is 0 Å². The third-order valence-electron chi connectivity index (χ3n) is 3.56. The molecule has 1 amide bonds. The van der Waals surface area contributed by atoms with Gasteiger partial charge in [-0.2, -0.15) is 0 Å². The summed E-state index contributed by atoms with van der Waals surface area (Å²) < 4.78 is 6.56. The van der Waals surface area contributed by atoms with Gasteiger partial charge in [0, 0.05) is 16.5 Å². The molecule has 0 saturated heterocycles. The van der Waals surface area contributed by atoms with E-state index in [4.69, 9.17) is 4.74 Å². The first-order valence-electron chi connectivity index (χ1n) is 6.75. The molecule has 19 heavy (non-hydrogen) atoms. The van der Waals surface area contributed by atoms with Gasteiger partial charge in [0.1, 0.15) is 5.75 Å². The van der Waals surface area contributed by atoms with Crippen molar-refractivity contribution in [1.29, 1.82) is 0 Å². The molecule has 0 aromatic heterocycles. The molecule has 0 heterocycles. The molecule has 3 nitrogen and oxygen atoms in total. The molecule has 1 aromatic carbocycles. The van der Waals surface area contributed by atoms with E-state index in [-0.39, 0.29) is 5.91 Å². The molecule has 1 N–H and O–H groups in total. The number of halogens is 1. The maximum atomic E-state index is 11.5. The molecule has 1 aromatic rings. The monoisotopic (exact) mass is 371 g/mol. The average Bonchev–Trinajstić information content (AvgIpc) is 3.17. The Morgan fingerprint density at radius 1 is 1.53 bits per heavy atom. The second kappa shape index (κ2) is 6.59. The Morgan fingerprint density at radius 2 is 2.32 bits per heavy atom. The van der Waals surface area contributed by atoms with Crippen molar-refractivity contribution in [2.75, 3.05) is 13.7 Å². The summed E-state index contributed by atoms with van der Waals surface area (Å²) in [5.41, 5.74) is 1.36. The largest absolute Gasteiger partial charge is 0.497 e. The lowest BCUT2D eigenvalue weighted by Crippen LogP contribution is -2.25. The molecule has 1 aliphatic carbocycles. The molecule has 104 valence electrons. The van der Waals surface area contributed by atoms with Crippen LogP contribution in [0.25, 0.3) is 0 Å². The van der Waals surface area contributed by atoms with Crippen molar-refractivity contribution in [3.05, 3.63) is 27.3 Å². The maximum absolute atomic E-state index is 11.5. The highest BCUT2D eigenvalue weighted by atomic mass is 125. The van der Waals surface area contributed by atoms with E-state index in [0.717, 1.165) is 25.1 Å². The van der Waals surface area contributed by atoms with Gasteiger partial charge in [0.05, 0.1) is 7.11 Å². The number of methoxy groups -OCH3 is 1. The second-order valence-corrected chi connectivity index (χ2v) is 6.21. The summed E-state index contributed by atoms with van der Waals surface area (Å²) in [4.78, 5) is 11.5. The highest BCUT2D eigenvalue weighted by Gasteiger charge is 2.39. The van der Waals surface area contributed by atoms with Crippen molar-refractivity contribution >= 4 is 28.5 Å². The molecule has 1 aliphatic rings. The summed E-state index contributed by atoms with van der Waals surface area (Å²) in [6, 6.07) is 6.21. The molecule has 0 spiro atoms. The second-order valence-electron chi connectivity index (χ2n) is 5.04. The predicted molar refractivity (Wildman–Crippen MR) is 84.5 cm³/mol. The number of carbonyl (C=O) groups is 1. The van der Waals surface area contributed by atoms with Gasteiger partial charge in [0.25, 0.3) is 0 Å². The third-order valence-corrected chi connectivity index (χ3v) is 4.55. The van der Waals surface area contributed by atoms with Crippen molar-refractivity contribution in [2.45, 2.75) is 32.1 Å². The van der Waals surface area contributed by atoms with Crippen LogP contribution in [0.1, 0.15) is 37.7 Å². The Morgan fingerprint density at radius 3 is 3.00 bits per heavy atom. The molecule has 0 bridgehead atoms. The number of carbonyl (C=O) groups excluding carboxylic acids is 1. The first kappa shape index (κ1) is 14.6. The highest BCUT2D eigenvalue weighted by Crippen LogP contribution is 2.49. The van der Waals surface area contributed by atoms with E-state index in [9.17, 15) is 4.79 Å². The van der Waals surface area contributed by atoms with E-state index in [2.05, 4.69) is 40.0 Å². The van der Waals surface area contributed by atoms with Gasteiger partial charge in [-0.15, -0.1) is 0 Å². The molecule has 0 aliphatic heterocycles. The molecular weight excluding hydrogens is 351 g/mol. The van der Waals surface area contributed by atoms with Crippen LogP contribution < -0.4 is 10.1 Å². The fourth-order valence-corrected chi connectivity index (χ4v) is 3.08. The summed E-state index contributed by atoms with van der Waals surface area (Å²) in [7, 11) is 1.70. The molecule has 1 fully saturated rings. The lowest BCUT2D eigenvalue weighted by Gasteiger charge is -2.08. The Hall–Kier alpha value is -0.780. The lowest BCUT2D eigenvalue weighted by atomic mass is 10.1. The normalized spacial score (nSPS) is 21.0. The number of ether oxygens (including phenoxy) is 1. The molecule has 0 radical (unpaired) electrons. The van der Waals surface area contributed by atoms with Crippen LogP contribution in [-0.4, -0.2) is 19.6 Å². The van der Waals surface area contributed by atoms with Crippen molar-refractivity contribution in [3.63, 3.8) is 0 Å².